The molecule has 0 amide bonds. The number of hydrogen-bond donors (Lipinski definition) is 2. The third-order valence-electron chi connectivity index (χ3n) is 1.28. The van der Waals surface area contributed by atoms with Crippen LogP contribution >= 0.6 is 11.6 Å². The number of nitrogens with one attached hydrogen (secondary N) is 1. The molecule has 4 nitrogen and oxygen atoms in total. The molecule has 1 rings (SSSR count). The van der Waals surface area contributed by atoms with Gasteiger partial charge in [0.15, 0.2) is 11.0 Å². The van der Waals surface area contributed by atoms with Gasteiger partial charge in [0.25, 0.3) is 0 Å². The lowest BCUT2D eigenvalue weighted by molar-refractivity contribution is 0.292. The molecule has 66 valence electrons. The van der Waals surface area contributed by atoms with Gasteiger partial charge in [-0.3, -0.25) is 0 Å². The topological polar surface area (TPSA) is 58.0 Å². The summed E-state index contributed by atoms with van der Waals surface area (Å²) in [6.45, 7) is 0.805. The first-order valence-electron chi connectivity index (χ1n) is 3.66. The van der Waals surface area contributed by atoms with Crippen molar-refractivity contribution < 1.29 is 5.11 Å². The number of halogens is 1. The molecule has 0 radical (unpaired) electrons. The van der Waals surface area contributed by atoms with Crippen molar-refractivity contribution in [2.24, 2.45) is 0 Å². The molecule has 2 N–H and O–H groups in total. The Morgan fingerprint density at radius 2 is 2.17 bits per heavy atom. The highest BCUT2D eigenvalue weighted by molar-refractivity contribution is 6.31. The Morgan fingerprint density at radius 3 is 2.83 bits per heavy atom. The van der Waals surface area contributed by atoms with Crippen LogP contribution in [0.15, 0.2) is 12.4 Å². The molecule has 0 unspecified atom stereocenters. The summed E-state index contributed by atoms with van der Waals surface area (Å²) in [5, 5.41) is 11.8. The summed E-state index contributed by atoms with van der Waals surface area (Å²) in [4.78, 5) is 7.80. The molecule has 0 aromatic carbocycles. The zero-order valence-corrected chi connectivity index (χ0v) is 7.25. The number of aliphatic hydroxyl groups is 1. The quantitative estimate of drug-likeness (QED) is 0.689. The summed E-state index contributed by atoms with van der Waals surface area (Å²) in [6, 6.07) is 0. The minimum absolute atomic E-state index is 0.158. The average molecular weight is 188 g/mol. The Morgan fingerprint density at radius 1 is 1.42 bits per heavy atom. The van der Waals surface area contributed by atoms with Crippen LogP contribution in [0.2, 0.25) is 5.15 Å². The highest BCUT2D eigenvalue weighted by Gasteiger charge is 1.98. The van der Waals surface area contributed by atoms with Crippen LogP contribution in [-0.4, -0.2) is 28.2 Å². The molecule has 0 saturated carbocycles. The second-order valence-corrected chi connectivity index (χ2v) is 2.56. The van der Waals surface area contributed by atoms with E-state index in [1.54, 1.807) is 6.20 Å². The fraction of sp³-hybridized carbons (Fsp3) is 0.429. The van der Waals surface area contributed by atoms with Gasteiger partial charge in [0, 0.05) is 25.5 Å². The summed E-state index contributed by atoms with van der Waals surface area (Å²) in [5.41, 5.74) is 0. The van der Waals surface area contributed by atoms with Crippen LogP contribution in [0.25, 0.3) is 0 Å². The third-order valence-corrected chi connectivity index (χ3v) is 1.56. The van der Waals surface area contributed by atoms with E-state index in [1.807, 2.05) is 0 Å². The maximum Gasteiger partial charge on any atom is 0.171 e. The number of nitrogens with zero attached hydrogens (tertiary/aromatic N) is 2. The second-order valence-electron chi connectivity index (χ2n) is 2.20. The van der Waals surface area contributed by atoms with Gasteiger partial charge in [-0.2, -0.15) is 0 Å². The van der Waals surface area contributed by atoms with Gasteiger partial charge in [0.1, 0.15) is 0 Å². The number of anilines is 1. The molecule has 0 atom stereocenters. The van der Waals surface area contributed by atoms with E-state index in [1.165, 1.54) is 6.20 Å². The van der Waals surface area contributed by atoms with E-state index in [9.17, 15) is 0 Å². The molecule has 1 aromatic heterocycles. The monoisotopic (exact) mass is 187 g/mol. The summed E-state index contributed by atoms with van der Waals surface area (Å²) in [5.74, 6) is 0.563. The lowest BCUT2D eigenvalue weighted by atomic mass is 10.4. The van der Waals surface area contributed by atoms with Crippen molar-refractivity contribution >= 4 is 17.4 Å². The molecule has 0 spiro atoms. The van der Waals surface area contributed by atoms with Crippen molar-refractivity contribution in [3.8, 4) is 0 Å². The average Bonchev–Trinajstić information content (AvgIpc) is 2.09. The molecule has 1 heterocycles. The lowest BCUT2D eigenvalue weighted by Crippen LogP contribution is -2.05. The maximum atomic E-state index is 8.50. The minimum atomic E-state index is 0.158. The molecule has 0 saturated heterocycles. The Labute approximate surface area is 75.6 Å². The van der Waals surface area contributed by atoms with Crippen LogP contribution in [0.5, 0.6) is 0 Å². The Hall–Kier alpha value is -0.870. The second kappa shape index (κ2) is 4.90. The number of hydrogen-bond acceptors (Lipinski definition) is 4. The van der Waals surface area contributed by atoms with Crippen LogP contribution in [0.3, 0.4) is 0 Å². The van der Waals surface area contributed by atoms with Crippen LogP contribution in [-0.2, 0) is 0 Å². The fourth-order valence-corrected chi connectivity index (χ4v) is 0.897. The van der Waals surface area contributed by atoms with Crippen molar-refractivity contribution in [3.63, 3.8) is 0 Å². The number of rotatable bonds is 4. The van der Waals surface area contributed by atoms with Gasteiger partial charge in [-0.05, 0) is 6.42 Å². The molecule has 12 heavy (non-hydrogen) atoms. The van der Waals surface area contributed by atoms with Gasteiger partial charge in [0.2, 0.25) is 0 Å². The predicted molar refractivity (Wildman–Crippen MR) is 47.2 cm³/mol. The molecular weight excluding hydrogens is 178 g/mol. The Kier molecular flexibility index (Phi) is 3.76. The lowest BCUT2D eigenvalue weighted by Gasteiger charge is -2.03. The SMILES string of the molecule is OCCCNc1nccnc1Cl. The van der Waals surface area contributed by atoms with Gasteiger partial charge in [0.05, 0.1) is 0 Å². The largest absolute Gasteiger partial charge is 0.396 e. The van der Waals surface area contributed by atoms with Gasteiger partial charge in [-0.15, -0.1) is 0 Å². The van der Waals surface area contributed by atoms with Crippen molar-refractivity contribution in [1.29, 1.82) is 0 Å². The van der Waals surface area contributed by atoms with Gasteiger partial charge >= 0.3 is 0 Å². The minimum Gasteiger partial charge on any atom is -0.396 e. The van der Waals surface area contributed by atoms with Crippen molar-refractivity contribution in [3.05, 3.63) is 17.5 Å². The van der Waals surface area contributed by atoms with Crippen LogP contribution < -0.4 is 5.32 Å². The predicted octanol–water partition coefficient (Wildman–Crippen LogP) is 0.924. The Bertz CT molecular complexity index is 244. The first-order chi connectivity index (χ1) is 5.84. The van der Waals surface area contributed by atoms with Crippen molar-refractivity contribution in [1.82, 2.24) is 9.97 Å². The van der Waals surface area contributed by atoms with Crippen molar-refractivity contribution in [2.75, 3.05) is 18.5 Å². The van der Waals surface area contributed by atoms with Gasteiger partial charge in [-0.25, -0.2) is 9.97 Å². The summed E-state index contributed by atoms with van der Waals surface area (Å²) in [6.07, 6.45) is 3.76. The maximum absolute atomic E-state index is 8.50. The van der Waals surface area contributed by atoms with E-state index in [2.05, 4.69) is 15.3 Å². The van der Waals surface area contributed by atoms with E-state index in [0.717, 1.165) is 0 Å². The van der Waals surface area contributed by atoms with Gasteiger partial charge < -0.3 is 10.4 Å². The fourth-order valence-electron chi connectivity index (χ4n) is 0.725. The molecule has 1 aromatic rings. The van der Waals surface area contributed by atoms with E-state index in [4.69, 9.17) is 16.7 Å². The molecule has 0 aliphatic heterocycles. The first-order valence-corrected chi connectivity index (χ1v) is 4.03. The Balaban J connectivity index is 2.46. The standard InChI is InChI=1S/C7H10ClN3O/c8-6-7(10-2-1-5-12)11-4-3-9-6/h3-4,12H,1-2,5H2,(H,10,11). The summed E-state index contributed by atoms with van der Waals surface area (Å²) in [7, 11) is 0. The van der Waals surface area contributed by atoms with Crippen LogP contribution in [0.1, 0.15) is 6.42 Å². The van der Waals surface area contributed by atoms with E-state index in [-0.39, 0.29) is 6.61 Å². The van der Waals surface area contributed by atoms with Crippen LogP contribution in [0, 0.1) is 0 Å². The third kappa shape index (κ3) is 2.64. The summed E-state index contributed by atoms with van der Waals surface area (Å²) < 4.78 is 0. The smallest absolute Gasteiger partial charge is 0.171 e. The van der Waals surface area contributed by atoms with Crippen LogP contribution in [0.4, 0.5) is 5.82 Å². The molecule has 0 bridgehead atoms. The van der Waals surface area contributed by atoms with Crippen molar-refractivity contribution in [2.45, 2.75) is 6.42 Å². The molecule has 0 aliphatic carbocycles. The molecular formula is C7H10ClN3O. The number of aromatic nitrogens is 2. The number of aliphatic hydroxyl groups excluding tert-OH is 1. The zero-order valence-electron chi connectivity index (χ0n) is 6.50. The normalized spacial score (nSPS) is 9.83. The highest BCUT2D eigenvalue weighted by atomic mass is 35.5. The molecule has 0 fully saturated rings. The van der Waals surface area contributed by atoms with E-state index >= 15 is 0 Å². The molecule has 5 heteroatoms. The first kappa shape index (κ1) is 9.22. The highest BCUT2D eigenvalue weighted by Crippen LogP contribution is 2.13. The summed E-state index contributed by atoms with van der Waals surface area (Å²) >= 11 is 5.70. The van der Waals surface area contributed by atoms with E-state index < -0.39 is 0 Å². The van der Waals surface area contributed by atoms with E-state index in [0.29, 0.717) is 23.9 Å². The molecule has 0 aliphatic rings. The zero-order chi connectivity index (χ0) is 8.81. The van der Waals surface area contributed by atoms with Gasteiger partial charge in [-0.1, -0.05) is 11.6 Å².